The molecule has 0 radical (unpaired) electrons. The molecule has 1 unspecified atom stereocenters. The van der Waals surface area contributed by atoms with Crippen LogP contribution >= 0.6 is 0 Å². The molecular weight excluding hydrogens is 156 g/mol. The second-order valence-corrected chi connectivity index (χ2v) is 2.67. The van der Waals surface area contributed by atoms with Gasteiger partial charge in [-0.05, 0) is 24.6 Å². The molecule has 0 aliphatic carbocycles. The minimum atomic E-state index is -0.0944. The van der Waals surface area contributed by atoms with Crippen molar-refractivity contribution >= 4 is 0 Å². The SMILES string of the molecule is CC(NN)c1cc(O)cc(O)c1. The lowest BCUT2D eigenvalue weighted by Gasteiger charge is -2.10. The van der Waals surface area contributed by atoms with Crippen LogP contribution in [0, 0.1) is 0 Å². The molecule has 0 aromatic heterocycles. The summed E-state index contributed by atoms with van der Waals surface area (Å²) >= 11 is 0. The second kappa shape index (κ2) is 3.42. The van der Waals surface area contributed by atoms with Crippen LogP contribution in [0.15, 0.2) is 18.2 Å². The third-order valence-corrected chi connectivity index (χ3v) is 1.67. The fourth-order valence-electron chi connectivity index (χ4n) is 0.964. The van der Waals surface area contributed by atoms with Gasteiger partial charge in [-0.15, -0.1) is 0 Å². The van der Waals surface area contributed by atoms with Gasteiger partial charge in [0.25, 0.3) is 0 Å². The van der Waals surface area contributed by atoms with Gasteiger partial charge in [0.05, 0.1) is 0 Å². The standard InChI is InChI=1S/C8H12N2O2/c1-5(10-9)6-2-7(11)4-8(12)3-6/h2-5,10-12H,9H2,1H3. The maximum Gasteiger partial charge on any atom is 0.119 e. The molecule has 12 heavy (non-hydrogen) atoms. The van der Waals surface area contributed by atoms with Gasteiger partial charge >= 0.3 is 0 Å². The van der Waals surface area contributed by atoms with E-state index in [-0.39, 0.29) is 17.5 Å². The van der Waals surface area contributed by atoms with Crippen LogP contribution in [0.5, 0.6) is 11.5 Å². The predicted molar refractivity (Wildman–Crippen MR) is 45.5 cm³/mol. The highest BCUT2D eigenvalue weighted by atomic mass is 16.3. The van der Waals surface area contributed by atoms with E-state index in [9.17, 15) is 0 Å². The number of hydrazine groups is 1. The number of hydrogen-bond acceptors (Lipinski definition) is 4. The number of nitrogens with two attached hydrogens (primary N) is 1. The smallest absolute Gasteiger partial charge is 0.119 e. The average molecular weight is 168 g/mol. The van der Waals surface area contributed by atoms with Crippen LogP contribution in [0.25, 0.3) is 0 Å². The topological polar surface area (TPSA) is 78.5 Å². The predicted octanol–water partition coefficient (Wildman–Crippen LogP) is 0.622. The van der Waals surface area contributed by atoms with Gasteiger partial charge in [-0.1, -0.05) is 0 Å². The summed E-state index contributed by atoms with van der Waals surface area (Å²) in [5.41, 5.74) is 3.26. The van der Waals surface area contributed by atoms with Crippen molar-refractivity contribution < 1.29 is 10.2 Å². The number of hydrogen-bond donors (Lipinski definition) is 4. The Morgan fingerprint density at radius 2 is 1.75 bits per heavy atom. The summed E-state index contributed by atoms with van der Waals surface area (Å²) in [6, 6.07) is 4.27. The van der Waals surface area contributed by atoms with Crippen LogP contribution in [0.1, 0.15) is 18.5 Å². The number of benzene rings is 1. The van der Waals surface area contributed by atoms with Crippen LogP contribution in [0.2, 0.25) is 0 Å². The molecule has 0 fully saturated rings. The zero-order valence-corrected chi connectivity index (χ0v) is 6.78. The van der Waals surface area contributed by atoms with E-state index in [4.69, 9.17) is 16.1 Å². The van der Waals surface area contributed by atoms with Crippen molar-refractivity contribution in [3.63, 3.8) is 0 Å². The lowest BCUT2D eigenvalue weighted by atomic mass is 10.1. The van der Waals surface area contributed by atoms with Crippen molar-refractivity contribution in [2.75, 3.05) is 0 Å². The molecule has 0 saturated carbocycles. The van der Waals surface area contributed by atoms with Gasteiger partial charge in [-0.2, -0.15) is 0 Å². The Bertz CT molecular complexity index is 256. The molecule has 5 N–H and O–H groups in total. The zero-order valence-electron chi connectivity index (χ0n) is 6.78. The summed E-state index contributed by atoms with van der Waals surface area (Å²) in [5, 5.41) is 18.2. The molecule has 0 amide bonds. The number of aromatic hydroxyl groups is 2. The summed E-state index contributed by atoms with van der Waals surface area (Å²) in [6.45, 7) is 1.83. The van der Waals surface area contributed by atoms with Gasteiger partial charge in [0.15, 0.2) is 0 Å². The Morgan fingerprint density at radius 1 is 1.25 bits per heavy atom. The number of nitrogens with one attached hydrogen (secondary N) is 1. The van der Waals surface area contributed by atoms with E-state index in [0.29, 0.717) is 0 Å². The number of phenols is 2. The van der Waals surface area contributed by atoms with E-state index >= 15 is 0 Å². The van der Waals surface area contributed by atoms with Crippen LogP contribution in [-0.4, -0.2) is 10.2 Å². The monoisotopic (exact) mass is 168 g/mol. The van der Waals surface area contributed by atoms with Crippen molar-refractivity contribution in [3.8, 4) is 11.5 Å². The normalized spacial score (nSPS) is 12.8. The Morgan fingerprint density at radius 3 is 2.17 bits per heavy atom. The van der Waals surface area contributed by atoms with Crippen molar-refractivity contribution in [3.05, 3.63) is 23.8 Å². The first-order chi connectivity index (χ1) is 5.63. The summed E-state index contributed by atoms with van der Waals surface area (Å²) < 4.78 is 0. The molecule has 0 bridgehead atoms. The fourth-order valence-corrected chi connectivity index (χ4v) is 0.964. The highest BCUT2D eigenvalue weighted by Gasteiger charge is 2.05. The summed E-state index contributed by atoms with van der Waals surface area (Å²) in [5.74, 6) is 5.26. The third kappa shape index (κ3) is 1.87. The van der Waals surface area contributed by atoms with Gasteiger partial charge in [-0.25, -0.2) is 0 Å². The molecule has 0 heterocycles. The largest absolute Gasteiger partial charge is 0.508 e. The molecule has 1 aromatic carbocycles. The van der Waals surface area contributed by atoms with Crippen molar-refractivity contribution in [2.24, 2.45) is 5.84 Å². The van der Waals surface area contributed by atoms with Crippen molar-refractivity contribution in [1.29, 1.82) is 0 Å². The third-order valence-electron chi connectivity index (χ3n) is 1.67. The van der Waals surface area contributed by atoms with Crippen LogP contribution < -0.4 is 11.3 Å². The first-order valence-corrected chi connectivity index (χ1v) is 3.62. The van der Waals surface area contributed by atoms with E-state index in [2.05, 4.69) is 5.43 Å². The molecule has 0 aliphatic rings. The lowest BCUT2D eigenvalue weighted by molar-refractivity contribution is 0.446. The highest BCUT2D eigenvalue weighted by Crippen LogP contribution is 2.23. The molecule has 4 nitrogen and oxygen atoms in total. The van der Waals surface area contributed by atoms with E-state index in [1.165, 1.54) is 6.07 Å². The second-order valence-electron chi connectivity index (χ2n) is 2.67. The summed E-state index contributed by atoms with van der Waals surface area (Å²) in [6.07, 6.45) is 0. The molecule has 0 saturated heterocycles. The van der Waals surface area contributed by atoms with Gasteiger partial charge in [0.2, 0.25) is 0 Å². The van der Waals surface area contributed by atoms with E-state index < -0.39 is 0 Å². The van der Waals surface area contributed by atoms with Crippen molar-refractivity contribution in [2.45, 2.75) is 13.0 Å². The number of phenolic OH excluding ortho intramolecular Hbond substituents is 2. The molecular formula is C8H12N2O2. The molecule has 66 valence electrons. The van der Waals surface area contributed by atoms with Crippen LogP contribution in [0.4, 0.5) is 0 Å². The van der Waals surface area contributed by atoms with Gasteiger partial charge in [0, 0.05) is 12.1 Å². The maximum absolute atomic E-state index is 9.11. The number of rotatable bonds is 2. The summed E-state index contributed by atoms with van der Waals surface area (Å²) in [7, 11) is 0. The minimum absolute atomic E-state index is 0.0344. The van der Waals surface area contributed by atoms with Gasteiger partial charge in [-0.3, -0.25) is 11.3 Å². The Kier molecular flexibility index (Phi) is 2.52. The quantitative estimate of drug-likeness (QED) is 0.385. The van der Waals surface area contributed by atoms with Crippen molar-refractivity contribution in [1.82, 2.24) is 5.43 Å². The average Bonchev–Trinajstić information content (AvgIpc) is 2.01. The van der Waals surface area contributed by atoms with Gasteiger partial charge < -0.3 is 10.2 Å². The Labute approximate surface area is 70.6 Å². The van der Waals surface area contributed by atoms with E-state index in [1.807, 2.05) is 6.92 Å². The van der Waals surface area contributed by atoms with Crippen LogP contribution in [-0.2, 0) is 0 Å². The molecule has 1 aromatic rings. The molecule has 1 rings (SSSR count). The lowest BCUT2D eigenvalue weighted by Crippen LogP contribution is -2.25. The van der Waals surface area contributed by atoms with E-state index in [1.54, 1.807) is 12.1 Å². The minimum Gasteiger partial charge on any atom is -0.508 e. The molecule has 0 spiro atoms. The Hall–Kier alpha value is -1.26. The highest BCUT2D eigenvalue weighted by molar-refractivity contribution is 5.37. The van der Waals surface area contributed by atoms with Gasteiger partial charge in [0.1, 0.15) is 11.5 Å². The van der Waals surface area contributed by atoms with Crippen LogP contribution in [0.3, 0.4) is 0 Å². The first kappa shape index (κ1) is 8.83. The van der Waals surface area contributed by atoms with E-state index in [0.717, 1.165) is 5.56 Å². The summed E-state index contributed by atoms with van der Waals surface area (Å²) in [4.78, 5) is 0. The molecule has 4 heteroatoms. The molecule has 0 aliphatic heterocycles. The zero-order chi connectivity index (χ0) is 9.14. The maximum atomic E-state index is 9.11. The first-order valence-electron chi connectivity index (χ1n) is 3.62. The fraction of sp³-hybridized carbons (Fsp3) is 0.250. The Balaban J connectivity index is 3.00. The molecule has 1 atom stereocenters.